The second kappa shape index (κ2) is 7.53. The van der Waals surface area contributed by atoms with Gasteiger partial charge in [0, 0.05) is 12.0 Å². The van der Waals surface area contributed by atoms with E-state index in [9.17, 15) is 4.79 Å². The summed E-state index contributed by atoms with van der Waals surface area (Å²) in [5.41, 5.74) is 8.29. The quantitative estimate of drug-likeness (QED) is 0.583. The predicted octanol–water partition coefficient (Wildman–Crippen LogP) is 6.25. The minimum Gasteiger partial charge on any atom is -0.481 e. The van der Waals surface area contributed by atoms with Gasteiger partial charge in [-0.25, -0.2) is 0 Å². The van der Waals surface area contributed by atoms with Crippen molar-refractivity contribution in [3.63, 3.8) is 0 Å². The molecular weight excluding hydrogens is 358 g/mol. The Kier molecular flexibility index (Phi) is 5.63. The highest BCUT2D eigenvalue weighted by Gasteiger charge is 2.64. The van der Waals surface area contributed by atoms with Gasteiger partial charge in [0.25, 0.3) is 0 Å². The van der Waals surface area contributed by atoms with Gasteiger partial charge in [-0.1, -0.05) is 40.5 Å². The maximum atomic E-state index is 11.1. The van der Waals surface area contributed by atoms with Gasteiger partial charge in [-0.15, -0.1) is 0 Å². The van der Waals surface area contributed by atoms with Crippen molar-refractivity contribution in [3.8, 4) is 0 Å². The fraction of sp³-hybridized carbons (Fsp3) is 0.962. The van der Waals surface area contributed by atoms with Gasteiger partial charge in [0.05, 0.1) is 0 Å². The van der Waals surface area contributed by atoms with Crippen molar-refractivity contribution in [3.05, 3.63) is 0 Å². The number of carboxylic acids is 1. The summed E-state index contributed by atoms with van der Waals surface area (Å²) in [5.74, 6) is 3.56. The molecule has 0 saturated heterocycles. The molecule has 4 aliphatic rings. The molecule has 0 aliphatic heterocycles. The minimum absolute atomic E-state index is 0.00164. The molecule has 0 spiro atoms. The molecule has 3 N–H and O–H groups in total. The van der Waals surface area contributed by atoms with E-state index < -0.39 is 5.97 Å². The van der Waals surface area contributed by atoms with E-state index in [1.165, 1.54) is 64.2 Å². The van der Waals surface area contributed by atoms with Crippen molar-refractivity contribution < 1.29 is 9.90 Å². The van der Waals surface area contributed by atoms with Crippen LogP contribution in [0.4, 0.5) is 0 Å². The summed E-state index contributed by atoms with van der Waals surface area (Å²) in [4.78, 5) is 11.1. The van der Waals surface area contributed by atoms with Crippen molar-refractivity contribution in [2.75, 3.05) is 0 Å². The molecule has 0 bridgehead atoms. The van der Waals surface area contributed by atoms with Crippen LogP contribution < -0.4 is 5.73 Å². The summed E-state index contributed by atoms with van der Waals surface area (Å²) in [5, 5.41) is 9.17. The topological polar surface area (TPSA) is 63.3 Å². The first-order valence-electron chi connectivity index (χ1n) is 12.6. The van der Waals surface area contributed by atoms with Crippen molar-refractivity contribution >= 4 is 5.97 Å². The standard InChI is InChI=1S/C26H45NO2/c1-17-11-14-24(3)19(16-17)6-5-13-26(27)21-9-8-20(18(2)7-10-23(28)29)25(21,4)15-12-22(24)26/h17-22H,5-16,27H2,1-4H3,(H,28,29)/t17-,18-,19-,20-,21-,22?,24+,25-,26-/m1/s1. The Morgan fingerprint density at radius 3 is 2.45 bits per heavy atom. The Morgan fingerprint density at radius 2 is 1.72 bits per heavy atom. The van der Waals surface area contributed by atoms with Crippen molar-refractivity contribution in [2.45, 2.75) is 110 Å². The molecule has 166 valence electrons. The normalized spacial score (nSPS) is 50.7. The number of carbonyl (C=O) groups is 1. The molecule has 4 fully saturated rings. The third-order valence-electron chi connectivity index (χ3n) is 10.9. The average Bonchev–Trinajstić information content (AvgIpc) is 2.96. The third kappa shape index (κ3) is 3.38. The third-order valence-corrected chi connectivity index (χ3v) is 10.9. The molecule has 4 saturated carbocycles. The van der Waals surface area contributed by atoms with Gasteiger partial charge < -0.3 is 10.8 Å². The molecule has 4 rings (SSSR count). The monoisotopic (exact) mass is 403 g/mol. The minimum atomic E-state index is -0.648. The zero-order chi connectivity index (χ0) is 21.0. The fourth-order valence-electron chi connectivity index (χ4n) is 9.45. The molecule has 3 nitrogen and oxygen atoms in total. The summed E-state index contributed by atoms with van der Waals surface area (Å²) in [6.07, 6.45) is 14.4. The Hall–Kier alpha value is -0.570. The van der Waals surface area contributed by atoms with E-state index in [0.29, 0.717) is 40.9 Å². The van der Waals surface area contributed by atoms with Crippen LogP contribution in [0.25, 0.3) is 0 Å². The van der Waals surface area contributed by atoms with Gasteiger partial charge >= 0.3 is 5.97 Å². The van der Waals surface area contributed by atoms with Crippen LogP contribution >= 0.6 is 0 Å². The van der Waals surface area contributed by atoms with Crippen molar-refractivity contribution in [1.82, 2.24) is 0 Å². The Morgan fingerprint density at radius 1 is 1.03 bits per heavy atom. The molecule has 0 aromatic rings. The lowest BCUT2D eigenvalue weighted by Gasteiger charge is -2.61. The highest BCUT2D eigenvalue weighted by Crippen LogP contribution is 2.68. The molecule has 0 aromatic carbocycles. The van der Waals surface area contributed by atoms with E-state index in [-0.39, 0.29) is 5.54 Å². The second-order valence-electron chi connectivity index (χ2n) is 12.3. The summed E-state index contributed by atoms with van der Waals surface area (Å²) in [7, 11) is 0. The maximum Gasteiger partial charge on any atom is 0.303 e. The summed E-state index contributed by atoms with van der Waals surface area (Å²) in [6, 6.07) is 0. The van der Waals surface area contributed by atoms with E-state index in [2.05, 4.69) is 27.7 Å². The second-order valence-corrected chi connectivity index (χ2v) is 12.3. The van der Waals surface area contributed by atoms with Crippen LogP contribution in [0.2, 0.25) is 0 Å². The van der Waals surface area contributed by atoms with E-state index in [4.69, 9.17) is 10.8 Å². The Bertz CT molecular complexity index is 634. The van der Waals surface area contributed by atoms with Gasteiger partial charge in [0.1, 0.15) is 0 Å². The zero-order valence-corrected chi connectivity index (χ0v) is 19.4. The molecule has 0 aromatic heterocycles. The predicted molar refractivity (Wildman–Crippen MR) is 118 cm³/mol. The van der Waals surface area contributed by atoms with Crippen molar-refractivity contribution in [1.29, 1.82) is 0 Å². The number of aliphatic carboxylic acids is 1. The Labute approximate surface area is 178 Å². The van der Waals surface area contributed by atoms with Crippen LogP contribution in [-0.2, 0) is 4.79 Å². The van der Waals surface area contributed by atoms with E-state index >= 15 is 0 Å². The Balaban J connectivity index is 1.60. The first kappa shape index (κ1) is 21.7. The van der Waals surface area contributed by atoms with Gasteiger partial charge in [-0.05, 0) is 104 Å². The SMILES string of the molecule is C[C@@H]1CC[C@]2(C)C3CC[C@]4(C)[C@@H]([C@H](C)CCC(=O)O)CC[C@H]4[C@]3(N)CCC[C@@H]2C1. The number of nitrogens with two attached hydrogens (primary N) is 1. The number of hydrogen-bond donors (Lipinski definition) is 2. The van der Waals surface area contributed by atoms with E-state index in [0.717, 1.165) is 18.3 Å². The first-order chi connectivity index (χ1) is 13.6. The molecule has 29 heavy (non-hydrogen) atoms. The number of fused-ring (bicyclic) bond motifs is 5. The lowest BCUT2D eigenvalue weighted by atomic mass is 9.46. The maximum absolute atomic E-state index is 11.1. The van der Waals surface area contributed by atoms with Crippen LogP contribution in [0.5, 0.6) is 0 Å². The fourth-order valence-corrected chi connectivity index (χ4v) is 9.45. The van der Waals surface area contributed by atoms with Crippen LogP contribution in [0, 0.1) is 46.3 Å². The molecular formula is C26H45NO2. The van der Waals surface area contributed by atoms with Gasteiger partial charge in [0.15, 0.2) is 0 Å². The van der Waals surface area contributed by atoms with E-state index in [1.54, 1.807) is 0 Å². The molecule has 0 amide bonds. The molecule has 0 heterocycles. The molecule has 0 radical (unpaired) electrons. The van der Waals surface area contributed by atoms with Gasteiger partial charge in [0.2, 0.25) is 0 Å². The van der Waals surface area contributed by atoms with Crippen LogP contribution in [0.3, 0.4) is 0 Å². The van der Waals surface area contributed by atoms with Gasteiger partial charge in [-0.2, -0.15) is 0 Å². The zero-order valence-electron chi connectivity index (χ0n) is 19.4. The number of rotatable bonds is 4. The van der Waals surface area contributed by atoms with E-state index in [1.807, 2.05) is 0 Å². The highest BCUT2D eigenvalue weighted by molar-refractivity contribution is 5.66. The lowest BCUT2D eigenvalue weighted by molar-refractivity contribution is -0.137. The lowest BCUT2D eigenvalue weighted by Crippen LogP contribution is -2.64. The number of carboxylic acid groups (broad SMARTS) is 1. The molecule has 9 atom stereocenters. The molecule has 1 unspecified atom stereocenters. The molecule has 3 heteroatoms. The molecule has 4 aliphatic carbocycles. The summed E-state index contributed by atoms with van der Waals surface area (Å²) >= 11 is 0. The summed E-state index contributed by atoms with van der Waals surface area (Å²) < 4.78 is 0. The average molecular weight is 404 g/mol. The smallest absolute Gasteiger partial charge is 0.303 e. The van der Waals surface area contributed by atoms with Gasteiger partial charge in [-0.3, -0.25) is 4.79 Å². The van der Waals surface area contributed by atoms with Crippen LogP contribution in [0.1, 0.15) is 105 Å². The highest BCUT2D eigenvalue weighted by atomic mass is 16.4. The van der Waals surface area contributed by atoms with Crippen molar-refractivity contribution in [2.24, 2.45) is 52.1 Å². The largest absolute Gasteiger partial charge is 0.481 e. The number of hydrogen-bond acceptors (Lipinski definition) is 2. The first-order valence-corrected chi connectivity index (χ1v) is 12.6. The summed E-state index contributed by atoms with van der Waals surface area (Å²) in [6.45, 7) is 9.92. The van der Waals surface area contributed by atoms with Crippen LogP contribution in [-0.4, -0.2) is 16.6 Å². The van der Waals surface area contributed by atoms with Crippen LogP contribution in [0.15, 0.2) is 0 Å².